The summed E-state index contributed by atoms with van der Waals surface area (Å²) in [4.78, 5) is 4.44. The van der Waals surface area contributed by atoms with Crippen LogP contribution in [0.15, 0.2) is 29.3 Å². The molecule has 1 saturated carbocycles. The summed E-state index contributed by atoms with van der Waals surface area (Å²) in [5.74, 6) is 1.05. The molecule has 1 saturated heterocycles. The quantitative estimate of drug-likeness (QED) is 0.554. The third-order valence-corrected chi connectivity index (χ3v) is 7.07. The van der Waals surface area contributed by atoms with Gasteiger partial charge < -0.3 is 10.6 Å². The van der Waals surface area contributed by atoms with Crippen molar-refractivity contribution in [3.63, 3.8) is 0 Å². The second-order valence-electron chi connectivity index (χ2n) is 7.54. The summed E-state index contributed by atoms with van der Waals surface area (Å²) in [5, 5.41) is 6.67. The Kier molecular flexibility index (Phi) is 6.42. The van der Waals surface area contributed by atoms with Gasteiger partial charge in [0, 0.05) is 37.6 Å². The molecule has 1 aromatic rings. The highest BCUT2D eigenvalue weighted by atomic mass is 32.2. The number of sulfonamides is 1. The lowest BCUT2D eigenvalue weighted by Crippen LogP contribution is -2.52. The molecule has 1 heterocycles. The predicted molar refractivity (Wildman–Crippen MR) is 106 cm³/mol. The van der Waals surface area contributed by atoms with E-state index in [0.717, 1.165) is 6.42 Å². The molecular weight excluding hydrogens is 405 g/mol. The number of benzene rings is 1. The van der Waals surface area contributed by atoms with Crippen LogP contribution in [0.5, 0.6) is 0 Å². The van der Waals surface area contributed by atoms with Gasteiger partial charge in [-0.3, -0.25) is 4.99 Å². The molecule has 2 N–H and O–H groups in total. The van der Waals surface area contributed by atoms with Gasteiger partial charge in [0.05, 0.1) is 0 Å². The lowest BCUT2D eigenvalue weighted by atomic mass is 10.0. The summed E-state index contributed by atoms with van der Waals surface area (Å²) in [6, 6.07) is 8.40. The van der Waals surface area contributed by atoms with Crippen LogP contribution in [0.4, 0.5) is 13.2 Å². The molecule has 2 unspecified atom stereocenters. The van der Waals surface area contributed by atoms with Crippen molar-refractivity contribution in [1.29, 1.82) is 0 Å². The van der Waals surface area contributed by atoms with Gasteiger partial charge >= 0.3 is 15.5 Å². The Labute approximate surface area is 169 Å². The van der Waals surface area contributed by atoms with E-state index in [1.54, 1.807) is 0 Å². The molecule has 0 radical (unpaired) electrons. The molecule has 0 aromatic heterocycles. The maximum absolute atomic E-state index is 12.7. The number of alkyl halides is 3. The van der Waals surface area contributed by atoms with Gasteiger partial charge in [-0.2, -0.15) is 17.5 Å². The summed E-state index contributed by atoms with van der Waals surface area (Å²) in [6.45, 7) is 4.25. The van der Waals surface area contributed by atoms with Crippen molar-refractivity contribution < 1.29 is 21.6 Å². The molecule has 10 heteroatoms. The monoisotopic (exact) mass is 432 g/mol. The minimum Gasteiger partial charge on any atom is -0.354 e. The van der Waals surface area contributed by atoms with E-state index in [0.29, 0.717) is 35.6 Å². The molecule has 1 aromatic carbocycles. The molecule has 2 atom stereocenters. The van der Waals surface area contributed by atoms with Crippen molar-refractivity contribution in [3.05, 3.63) is 35.4 Å². The minimum atomic E-state index is -5.25. The molecule has 3 rings (SSSR count). The number of guanidine groups is 1. The number of hydrogen-bond acceptors (Lipinski definition) is 3. The zero-order valence-corrected chi connectivity index (χ0v) is 17.4. The Bertz CT molecular complexity index is 849. The molecule has 2 fully saturated rings. The number of nitrogens with zero attached hydrogens (tertiary/aromatic N) is 2. The van der Waals surface area contributed by atoms with Crippen molar-refractivity contribution in [3.8, 4) is 0 Å². The van der Waals surface area contributed by atoms with E-state index in [1.807, 2.05) is 19.1 Å². The van der Waals surface area contributed by atoms with E-state index < -0.39 is 15.5 Å². The number of nitrogens with one attached hydrogen (secondary N) is 2. The van der Waals surface area contributed by atoms with Gasteiger partial charge in [0.25, 0.3) is 0 Å². The van der Waals surface area contributed by atoms with Gasteiger partial charge in [-0.15, -0.1) is 0 Å². The average molecular weight is 433 g/mol. The number of aryl methyl sites for hydroxylation is 1. The van der Waals surface area contributed by atoms with Crippen molar-refractivity contribution in [2.24, 2.45) is 4.99 Å². The SMILES string of the molecule is CCN=C(NC1CCN(S(=O)(=O)C(F)(F)F)CC1)NC1CC1c1ccccc1C. The minimum absolute atomic E-state index is 0.122. The van der Waals surface area contributed by atoms with Crippen molar-refractivity contribution >= 4 is 16.0 Å². The second kappa shape index (κ2) is 8.51. The van der Waals surface area contributed by atoms with Gasteiger partial charge in [-0.05, 0) is 44.2 Å². The van der Waals surface area contributed by atoms with Gasteiger partial charge in [0.15, 0.2) is 5.96 Å². The van der Waals surface area contributed by atoms with Crippen LogP contribution in [0.2, 0.25) is 0 Å². The highest BCUT2D eigenvalue weighted by Crippen LogP contribution is 2.42. The van der Waals surface area contributed by atoms with E-state index in [-0.39, 0.29) is 25.2 Å². The first-order chi connectivity index (χ1) is 13.6. The summed E-state index contributed by atoms with van der Waals surface area (Å²) in [6.07, 6.45) is 1.59. The van der Waals surface area contributed by atoms with Gasteiger partial charge in [0.1, 0.15) is 0 Å². The first kappa shape index (κ1) is 21.9. The molecule has 1 aliphatic heterocycles. The molecule has 0 amide bonds. The molecule has 29 heavy (non-hydrogen) atoms. The van der Waals surface area contributed by atoms with Crippen molar-refractivity contribution in [2.45, 2.75) is 56.6 Å². The Hall–Kier alpha value is -1.81. The van der Waals surface area contributed by atoms with E-state index in [1.165, 1.54) is 11.1 Å². The Morgan fingerprint density at radius 2 is 1.86 bits per heavy atom. The van der Waals surface area contributed by atoms with Crippen molar-refractivity contribution in [2.75, 3.05) is 19.6 Å². The number of hydrogen-bond donors (Lipinski definition) is 2. The molecular formula is C19H27F3N4O2S. The van der Waals surface area contributed by atoms with Crippen molar-refractivity contribution in [1.82, 2.24) is 14.9 Å². The lowest BCUT2D eigenvalue weighted by Gasteiger charge is -2.32. The zero-order valence-electron chi connectivity index (χ0n) is 16.5. The molecule has 1 aliphatic carbocycles. The third-order valence-electron chi connectivity index (χ3n) is 5.44. The van der Waals surface area contributed by atoms with Crippen LogP contribution in [0.25, 0.3) is 0 Å². The van der Waals surface area contributed by atoms with E-state index in [2.05, 4.69) is 34.7 Å². The maximum atomic E-state index is 12.7. The third kappa shape index (κ3) is 5.03. The molecule has 2 aliphatic rings. The normalized spacial score (nSPS) is 24.4. The Balaban J connectivity index is 1.54. The first-order valence-electron chi connectivity index (χ1n) is 9.83. The fraction of sp³-hybridized carbons (Fsp3) is 0.632. The van der Waals surface area contributed by atoms with Crippen LogP contribution < -0.4 is 10.6 Å². The standard InChI is InChI=1S/C19H27F3N4O2S/c1-3-23-18(25-17-12-16(17)15-7-5-4-6-13(15)2)24-14-8-10-26(11-9-14)29(27,28)19(20,21)22/h4-7,14,16-17H,3,8-12H2,1-2H3,(H2,23,24,25). The van der Waals surface area contributed by atoms with Gasteiger partial charge in [0.2, 0.25) is 0 Å². The van der Waals surface area contributed by atoms with Gasteiger partial charge in [-0.1, -0.05) is 24.3 Å². The largest absolute Gasteiger partial charge is 0.511 e. The van der Waals surface area contributed by atoms with Crippen LogP contribution in [-0.2, 0) is 10.0 Å². The molecule has 0 bridgehead atoms. The molecule has 0 spiro atoms. The lowest BCUT2D eigenvalue weighted by molar-refractivity contribution is -0.0494. The smallest absolute Gasteiger partial charge is 0.354 e. The fourth-order valence-corrected chi connectivity index (χ4v) is 4.73. The topological polar surface area (TPSA) is 73.8 Å². The Morgan fingerprint density at radius 1 is 1.21 bits per heavy atom. The summed E-state index contributed by atoms with van der Waals surface area (Å²) in [7, 11) is -5.25. The fourth-order valence-electron chi connectivity index (χ4n) is 3.75. The van der Waals surface area contributed by atoms with E-state index in [9.17, 15) is 21.6 Å². The molecule has 6 nitrogen and oxygen atoms in total. The highest BCUT2D eigenvalue weighted by molar-refractivity contribution is 7.90. The number of aliphatic imine (C=N–C) groups is 1. The van der Waals surface area contributed by atoms with Crippen LogP contribution in [-0.4, -0.2) is 55.9 Å². The van der Waals surface area contributed by atoms with Crippen LogP contribution in [0.1, 0.15) is 43.2 Å². The van der Waals surface area contributed by atoms with Crippen LogP contribution in [0, 0.1) is 6.92 Å². The van der Waals surface area contributed by atoms with E-state index >= 15 is 0 Å². The summed E-state index contributed by atoms with van der Waals surface area (Å²) in [5.41, 5.74) is -2.69. The maximum Gasteiger partial charge on any atom is 0.511 e. The number of rotatable bonds is 5. The first-order valence-corrected chi connectivity index (χ1v) is 11.3. The van der Waals surface area contributed by atoms with Crippen LogP contribution in [0.3, 0.4) is 0 Å². The summed E-state index contributed by atoms with van der Waals surface area (Å²) >= 11 is 0. The summed E-state index contributed by atoms with van der Waals surface area (Å²) < 4.78 is 61.7. The van der Waals surface area contributed by atoms with Crippen LogP contribution >= 0.6 is 0 Å². The Morgan fingerprint density at radius 3 is 2.45 bits per heavy atom. The highest BCUT2D eigenvalue weighted by Gasteiger charge is 2.50. The van der Waals surface area contributed by atoms with Gasteiger partial charge in [-0.25, -0.2) is 8.42 Å². The second-order valence-corrected chi connectivity index (χ2v) is 9.47. The predicted octanol–water partition coefficient (Wildman–Crippen LogP) is 2.72. The van der Waals surface area contributed by atoms with E-state index in [4.69, 9.17) is 0 Å². The number of halogens is 3. The zero-order chi connectivity index (χ0) is 21.2. The number of piperidine rings is 1. The average Bonchev–Trinajstić information content (AvgIpc) is 3.40. The molecule has 162 valence electrons.